The van der Waals surface area contributed by atoms with E-state index in [0.29, 0.717) is 63.8 Å². The van der Waals surface area contributed by atoms with Crippen LogP contribution in [0.1, 0.15) is 156 Å². The quantitative estimate of drug-likeness (QED) is 0.0158. The lowest BCUT2D eigenvalue weighted by Gasteiger charge is -2.19. The second-order valence-electron chi connectivity index (χ2n) is 20.5. The Kier molecular flexibility index (Phi) is 31.5. The lowest BCUT2D eigenvalue weighted by atomic mass is 10.1. The van der Waals surface area contributed by atoms with E-state index >= 15 is 0 Å². The van der Waals surface area contributed by atoms with Crippen molar-refractivity contribution in [3.8, 4) is 23.0 Å². The number of rotatable bonds is 27. The molecule has 0 aromatic heterocycles. The molecule has 0 spiro atoms. The van der Waals surface area contributed by atoms with Gasteiger partial charge in [0.25, 0.3) is 0 Å². The minimum atomic E-state index is -1.26. The SMILES string of the molecule is CC(=O)c1cc(OCCN)cc(C(C)=O)c1.CC(=O)c1cc(OCCNC(=O)OC(C)(C)C)cc(C(C)=O)c1.CC(=O)c1cc(OCCNC(=O)OCc2ccccc2)cc(C(C)=O)c1.O=C(NCCOc1cc(C(=O)O)cc(C(=O)O)c1)OCc1ccccc1. The van der Waals surface area contributed by atoms with Crippen LogP contribution in [0.5, 0.6) is 23.0 Å². The molecule has 0 unspecified atom stereocenters. The predicted molar refractivity (Wildman–Crippen MR) is 334 cm³/mol. The normalized spacial score (nSPS) is 10.2. The van der Waals surface area contributed by atoms with Crippen LogP contribution in [0, 0.1) is 0 Å². The molecule has 0 fully saturated rings. The highest BCUT2D eigenvalue weighted by Gasteiger charge is 2.17. The number of hydrogen-bond acceptors (Lipinski definition) is 19. The molecule has 0 atom stereocenters. The molecule has 6 aromatic rings. The Morgan fingerprint density at radius 3 is 0.879 bits per heavy atom. The van der Waals surface area contributed by atoms with Crippen LogP contribution in [0.15, 0.2) is 133 Å². The van der Waals surface area contributed by atoms with Crippen molar-refractivity contribution in [2.75, 3.05) is 52.6 Å². The Morgan fingerprint density at radius 1 is 0.374 bits per heavy atom. The van der Waals surface area contributed by atoms with Crippen molar-refractivity contribution in [1.82, 2.24) is 16.0 Å². The molecule has 0 saturated carbocycles. The highest BCUT2D eigenvalue weighted by Crippen LogP contribution is 2.22. The zero-order valence-corrected chi connectivity index (χ0v) is 52.1. The number of carboxylic acids is 2. The summed E-state index contributed by atoms with van der Waals surface area (Å²) in [5.74, 6) is -1.92. The first-order chi connectivity index (χ1) is 43.0. The number of nitrogens with one attached hydrogen (secondary N) is 3. The number of hydrogen-bond donors (Lipinski definition) is 6. The first-order valence-electron chi connectivity index (χ1n) is 28.2. The van der Waals surface area contributed by atoms with Crippen molar-refractivity contribution in [2.45, 2.75) is 81.1 Å². The maximum atomic E-state index is 11.6. The van der Waals surface area contributed by atoms with E-state index in [1.54, 1.807) is 63.2 Å². The Labute approximate surface area is 526 Å². The average molecular weight is 1260 g/mol. The van der Waals surface area contributed by atoms with Crippen molar-refractivity contribution in [3.63, 3.8) is 0 Å². The van der Waals surface area contributed by atoms with Gasteiger partial charge in [0.05, 0.1) is 30.8 Å². The van der Waals surface area contributed by atoms with Gasteiger partial charge in [0, 0.05) is 39.9 Å². The fourth-order valence-corrected chi connectivity index (χ4v) is 7.20. The Bertz CT molecular complexity index is 3230. The Hall–Kier alpha value is -10.8. The standard InChI is InChI=1S/C20H21NO5.C18H17NO7.C17H23NO5.C12H15NO3/c1-14(22)17-10-18(15(2)23)12-19(11-17)25-9-8-21-20(24)26-13-16-6-4-3-5-7-16;20-16(21)13-8-14(17(22)23)10-15(9-13)25-7-6-19-18(24)26-11-12-4-2-1-3-5-12;1-11(19)13-8-14(12(2)20)10-15(9-13)22-7-6-18-16(21)23-17(3,4)5;1-8(14)10-5-11(9(2)15)7-12(6-10)16-4-3-13/h3-7,10-12H,8-9,13H2,1-2H3,(H,21,24);1-5,8-10H,6-7,11H2,(H,19,24)(H,20,21)(H,22,23);8-10H,6-7H2,1-5H3,(H,18,21);5-7H,3-4,13H2,1-2H3. The molecule has 0 aliphatic heterocycles. The highest BCUT2D eigenvalue weighted by atomic mass is 16.6. The van der Waals surface area contributed by atoms with Gasteiger partial charge in [-0.1, -0.05) is 60.7 Å². The van der Waals surface area contributed by atoms with Crippen LogP contribution >= 0.6 is 0 Å². The summed E-state index contributed by atoms with van der Waals surface area (Å²) in [6.07, 6.45) is -1.69. The van der Waals surface area contributed by atoms with E-state index in [0.717, 1.165) is 17.2 Å². The summed E-state index contributed by atoms with van der Waals surface area (Å²) in [6.45, 7) is 16.0. The van der Waals surface area contributed by atoms with Crippen molar-refractivity contribution in [1.29, 1.82) is 0 Å². The average Bonchev–Trinajstić information content (AvgIpc) is 3.28. The number of ether oxygens (including phenoxy) is 7. The molecule has 91 heavy (non-hydrogen) atoms. The van der Waals surface area contributed by atoms with Gasteiger partial charge < -0.3 is 65.1 Å². The minimum absolute atomic E-state index is 0.0164. The summed E-state index contributed by atoms with van der Waals surface area (Å²) in [6, 6.07) is 36.2. The molecule has 0 radical (unpaired) electrons. The van der Waals surface area contributed by atoms with E-state index < -0.39 is 35.8 Å². The molecule has 0 aliphatic carbocycles. The molecule has 6 rings (SSSR count). The fourth-order valence-electron chi connectivity index (χ4n) is 7.20. The molecule has 6 aromatic carbocycles. The number of aromatic carboxylic acids is 2. The number of ketones is 6. The Morgan fingerprint density at radius 2 is 0.626 bits per heavy atom. The van der Waals surface area contributed by atoms with Gasteiger partial charge in [0.1, 0.15) is 68.2 Å². The molecule has 7 N–H and O–H groups in total. The lowest BCUT2D eigenvalue weighted by molar-refractivity contribution is 0.0518. The molecule has 24 nitrogen and oxygen atoms in total. The number of carbonyl (C=O) groups excluding carboxylic acids is 9. The van der Waals surface area contributed by atoms with Gasteiger partial charge >= 0.3 is 30.2 Å². The first kappa shape index (κ1) is 74.5. The molecule has 3 amide bonds. The van der Waals surface area contributed by atoms with E-state index in [4.69, 9.17) is 49.1 Å². The maximum Gasteiger partial charge on any atom is 0.407 e. The van der Waals surface area contributed by atoms with Crippen molar-refractivity contribution in [2.24, 2.45) is 5.73 Å². The largest absolute Gasteiger partial charge is 0.492 e. The molecule has 484 valence electrons. The number of nitrogens with two attached hydrogens (primary N) is 1. The molecule has 0 bridgehead atoms. The van der Waals surface area contributed by atoms with E-state index in [-0.39, 0.29) is 104 Å². The maximum absolute atomic E-state index is 11.6. The topological polar surface area (TPSA) is 355 Å². The third-order valence-corrected chi connectivity index (χ3v) is 11.7. The summed E-state index contributed by atoms with van der Waals surface area (Å²) >= 11 is 0. The fraction of sp³-hybridized carbons (Fsp3) is 0.299. The highest BCUT2D eigenvalue weighted by molar-refractivity contribution is 6.02. The van der Waals surface area contributed by atoms with Crippen LogP contribution in [0.2, 0.25) is 0 Å². The summed E-state index contributed by atoms with van der Waals surface area (Å²) < 4.78 is 36.8. The zero-order valence-electron chi connectivity index (χ0n) is 52.1. The number of alkyl carbamates (subject to hydrolysis) is 3. The third kappa shape index (κ3) is 30.1. The third-order valence-electron chi connectivity index (χ3n) is 11.7. The summed E-state index contributed by atoms with van der Waals surface area (Å²) in [4.78, 5) is 125. The van der Waals surface area contributed by atoms with E-state index in [2.05, 4.69) is 16.0 Å². The molecule has 24 heteroatoms. The van der Waals surface area contributed by atoms with Gasteiger partial charge in [-0.15, -0.1) is 0 Å². The second-order valence-corrected chi connectivity index (χ2v) is 20.5. The van der Waals surface area contributed by atoms with E-state index in [1.165, 1.54) is 65.8 Å². The van der Waals surface area contributed by atoms with Gasteiger partial charge in [-0.3, -0.25) is 28.8 Å². The smallest absolute Gasteiger partial charge is 0.407 e. The van der Waals surface area contributed by atoms with Crippen LogP contribution in [-0.2, 0) is 27.4 Å². The lowest BCUT2D eigenvalue weighted by Crippen LogP contribution is -2.34. The predicted octanol–water partition coefficient (Wildman–Crippen LogP) is 10.2. The van der Waals surface area contributed by atoms with Gasteiger partial charge in [0.15, 0.2) is 34.7 Å². The molecule has 0 saturated heterocycles. The van der Waals surface area contributed by atoms with Gasteiger partial charge in [-0.05, 0) is 146 Å². The number of Topliss-reactive ketones (excluding diaryl/α,β-unsaturated/α-hetero) is 6. The van der Waals surface area contributed by atoms with Crippen LogP contribution < -0.4 is 40.6 Å². The molecular weight excluding hydrogens is 1180 g/mol. The van der Waals surface area contributed by atoms with Crippen LogP contribution in [0.25, 0.3) is 0 Å². The summed E-state index contributed by atoms with van der Waals surface area (Å²) in [7, 11) is 0. The number of carbonyl (C=O) groups is 11. The summed E-state index contributed by atoms with van der Waals surface area (Å²) in [5, 5.41) is 25.6. The van der Waals surface area contributed by atoms with E-state index in [9.17, 15) is 52.7 Å². The van der Waals surface area contributed by atoms with Crippen molar-refractivity contribution >= 4 is 64.9 Å². The second kappa shape index (κ2) is 38.5. The van der Waals surface area contributed by atoms with Crippen LogP contribution in [0.3, 0.4) is 0 Å². The Balaban J connectivity index is 0.000000321. The zero-order chi connectivity index (χ0) is 67.6. The van der Waals surface area contributed by atoms with Crippen molar-refractivity contribution < 1.29 is 96.1 Å². The number of benzene rings is 6. The van der Waals surface area contributed by atoms with Gasteiger partial charge in [-0.25, -0.2) is 24.0 Å². The number of carboxylic acid groups (broad SMARTS) is 2. The molecule has 0 heterocycles. The molecule has 0 aliphatic rings. The summed E-state index contributed by atoms with van der Waals surface area (Å²) in [5.41, 5.74) is 8.68. The van der Waals surface area contributed by atoms with Crippen molar-refractivity contribution in [3.05, 3.63) is 189 Å². The van der Waals surface area contributed by atoms with E-state index in [1.807, 2.05) is 60.7 Å². The molecular formula is C67H76N4O20. The van der Waals surface area contributed by atoms with Crippen LogP contribution in [-0.4, -0.2) is 133 Å². The monoisotopic (exact) mass is 1260 g/mol. The minimum Gasteiger partial charge on any atom is -0.492 e. The first-order valence-corrected chi connectivity index (χ1v) is 28.2. The van der Waals surface area contributed by atoms with Crippen LogP contribution in [0.4, 0.5) is 14.4 Å². The van der Waals surface area contributed by atoms with Gasteiger partial charge in [0.2, 0.25) is 0 Å². The number of amides is 3. The van der Waals surface area contributed by atoms with Gasteiger partial charge in [-0.2, -0.15) is 0 Å².